The number of aldehydes is 1. The first-order chi connectivity index (χ1) is 8.69. The van der Waals surface area contributed by atoms with Crippen molar-refractivity contribution in [1.29, 1.82) is 0 Å². The first-order valence-electron chi connectivity index (χ1n) is 5.90. The number of nitrogens with zero attached hydrogens (tertiary/aromatic N) is 2. The Hall–Kier alpha value is -1.39. The first kappa shape index (κ1) is 13.1. The SMILES string of the molecule is O=CC(=O)N1CCN(Cc2cccc(Cl)c2)CC1. The van der Waals surface area contributed by atoms with Crippen molar-refractivity contribution in [3.63, 3.8) is 0 Å². The van der Waals surface area contributed by atoms with E-state index in [2.05, 4.69) is 4.90 Å². The molecule has 18 heavy (non-hydrogen) atoms. The lowest BCUT2D eigenvalue weighted by Crippen LogP contribution is -2.48. The zero-order chi connectivity index (χ0) is 13.0. The van der Waals surface area contributed by atoms with Crippen LogP contribution in [0.1, 0.15) is 5.56 Å². The summed E-state index contributed by atoms with van der Waals surface area (Å²) in [5, 5.41) is 0.738. The van der Waals surface area contributed by atoms with Crippen LogP contribution in [0, 0.1) is 0 Å². The minimum Gasteiger partial charge on any atom is -0.334 e. The molecule has 1 aromatic carbocycles. The molecule has 1 saturated heterocycles. The topological polar surface area (TPSA) is 40.6 Å². The Morgan fingerprint density at radius 2 is 2.00 bits per heavy atom. The first-order valence-corrected chi connectivity index (χ1v) is 6.28. The second-order valence-corrected chi connectivity index (χ2v) is 4.79. The van der Waals surface area contributed by atoms with Crippen molar-refractivity contribution in [2.45, 2.75) is 6.54 Å². The van der Waals surface area contributed by atoms with Gasteiger partial charge in [0.25, 0.3) is 5.91 Å². The van der Waals surface area contributed by atoms with Crippen molar-refractivity contribution < 1.29 is 9.59 Å². The number of hydrogen-bond donors (Lipinski definition) is 0. The van der Waals surface area contributed by atoms with Crippen molar-refractivity contribution in [3.8, 4) is 0 Å². The molecule has 2 rings (SSSR count). The van der Waals surface area contributed by atoms with Crippen LogP contribution in [0.5, 0.6) is 0 Å². The van der Waals surface area contributed by atoms with Crippen LogP contribution in [0.25, 0.3) is 0 Å². The summed E-state index contributed by atoms with van der Waals surface area (Å²) >= 11 is 5.94. The Bertz CT molecular complexity index is 442. The fourth-order valence-corrected chi connectivity index (χ4v) is 2.31. The Balaban J connectivity index is 1.87. The summed E-state index contributed by atoms with van der Waals surface area (Å²) in [5.41, 5.74) is 1.16. The molecule has 0 bridgehead atoms. The van der Waals surface area contributed by atoms with Crippen molar-refractivity contribution in [3.05, 3.63) is 34.9 Å². The largest absolute Gasteiger partial charge is 0.334 e. The molecule has 0 spiro atoms. The summed E-state index contributed by atoms with van der Waals surface area (Å²) in [6.45, 7) is 3.61. The van der Waals surface area contributed by atoms with Gasteiger partial charge in [0.1, 0.15) is 0 Å². The lowest BCUT2D eigenvalue weighted by atomic mass is 10.2. The molecule has 0 aliphatic carbocycles. The Labute approximate surface area is 111 Å². The maximum atomic E-state index is 11.2. The molecule has 1 amide bonds. The van der Waals surface area contributed by atoms with Gasteiger partial charge < -0.3 is 4.90 Å². The maximum Gasteiger partial charge on any atom is 0.286 e. The summed E-state index contributed by atoms with van der Waals surface area (Å²) in [7, 11) is 0. The highest BCUT2D eigenvalue weighted by atomic mass is 35.5. The van der Waals surface area contributed by atoms with E-state index in [-0.39, 0.29) is 0 Å². The molecule has 5 heteroatoms. The van der Waals surface area contributed by atoms with E-state index in [4.69, 9.17) is 11.6 Å². The third kappa shape index (κ3) is 3.31. The van der Waals surface area contributed by atoms with Gasteiger partial charge in [-0.15, -0.1) is 0 Å². The number of hydrogen-bond acceptors (Lipinski definition) is 3. The number of benzene rings is 1. The number of carbonyl (C=O) groups is 2. The van der Waals surface area contributed by atoms with E-state index in [0.29, 0.717) is 19.4 Å². The van der Waals surface area contributed by atoms with Crippen molar-refractivity contribution >= 4 is 23.8 Å². The molecule has 0 atom stereocenters. The van der Waals surface area contributed by atoms with Gasteiger partial charge in [0.05, 0.1) is 0 Å². The Morgan fingerprint density at radius 1 is 1.28 bits per heavy atom. The third-order valence-corrected chi connectivity index (χ3v) is 3.32. The van der Waals surface area contributed by atoms with E-state index in [1.165, 1.54) is 0 Å². The van der Waals surface area contributed by atoms with E-state index in [1.807, 2.05) is 24.3 Å². The highest BCUT2D eigenvalue weighted by molar-refractivity contribution is 6.30. The van der Waals surface area contributed by atoms with Gasteiger partial charge in [0, 0.05) is 37.7 Å². The minimum absolute atomic E-state index is 0.382. The fourth-order valence-electron chi connectivity index (χ4n) is 2.09. The number of amides is 1. The number of carbonyl (C=O) groups excluding carboxylic acids is 2. The van der Waals surface area contributed by atoms with Gasteiger partial charge in [-0.3, -0.25) is 14.5 Å². The molecule has 4 nitrogen and oxygen atoms in total. The second-order valence-electron chi connectivity index (χ2n) is 4.35. The van der Waals surface area contributed by atoms with Crippen molar-refractivity contribution in [2.75, 3.05) is 26.2 Å². The Morgan fingerprint density at radius 3 is 2.61 bits per heavy atom. The molecule has 1 aliphatic heterocycles. The fraction of sp³-hybridized carbons (Fsp3) is 0.385. The molecule has 1 heterocycles. The maximum absolute atomic E-state index is 11.2. The third-order valence-electron chi connectivity index (χ3n) is 3.08. The number of piperazine rings is 1. The van der Waals surface area contributed by atoms with Gasteiger partial charge >= 0.3 is 0 Å². The summed E-state index contributed by atoms with van der Waals surface area (Å²) < 4.78 is 0. The predicted octanol–water partition coefficient (Wildman–Crippen LogP) is 1.18. The average Bonchev–Trinajstić information content (AvgIpc) is 2.39. The van der Waals surface area contributed by atoms with Crippen LogP contribution >= 0.6 is 11.6 Å². The number of rotatable bonds is 3. The van der Waals surface area contributed by atoms with Crippen LogP contribution in [0.4, 0.5) is 0 Å². The summed E-state index contributed by atoms with van der Waals surface area (Å²) in [6.07, 6.45) is 0.382. The van der Waals surface area contributed by atoms with Crippen LogP contribution < -0.4 is 0 Å². The van der Waals surface area contributed by atoms with Gasteiger partial charge in [0.15, 0.2) is 0 Å². The van der Waals surface area contributed by atoms with Gasteiger partial charge in [0.2, 0.25) is 6.29 Å². The van der Waals surface area contributed by atoms with Crippen LogP contribution in [-0.4, -0.2) is 48.2 Å². The molecule has 0 saturated carbocycles. The minimum atomic E-state index is -0.419. The zero-order valence-electron chi connectivity index (χ0n) is 10.0. The highest BCUT2D eigenvalue weighted by Crippen LogP contribution is 2.13. The molecule has 1 aromatic rings. The quantitative estimate of drug-likeness (QED) is 0.609. The molecule has 1 fully saturated rings. The van der Waals surface area contributed by atoms with E-state index in [9.17, 15) is 9.59 Å². The average molecular weight is 267 g/mol. The van der Waals surface area contributed by atoms with Crippen molar-refractivity contribution in [1.82, 2.24) is 9.80 Å². The summed E-state index contributed by atoms with van der Waals surface area (Å²) in [6, 6.07) is 7.77. The summed E-state index contributed by atoms with van der Waals surface area (Å²) in [4.78, 5) is 25.4. The summed E-state index contributed by atoms with van der Waals surface area (Å²) in [5.74, 6) is -0.419. The van der Waals surface area contributed by atoms with E-state index >= 15 is 0 Å². The normalized spacial score (nSPS) is 16.6. The predicted molar refractivity (Wildman–Crippen MR) is 69.4 cm³/mol. The van der Waals surface area contributed by atoms with Gasteiger partial charge in [-0.1, -0.05) is 23.7 Å². The second kappa shape index (κ2) is 5.98. The molecule has 0 N–H and O–H groups in total. The van der Waals surface area contributed by atoms with Crippen LogP contribution in [0.2, 0.25) is 5.02 Å². The van der Waals surface area contributed by atoms with Gasteiger partial charge in [-0.2, -0.15) is 0 Å². The molecular weight excluding hydrogens is 252 g/mol. The highest BCUT2D eigenvalue weighted by Gasteiger charge is 2.20. The smallest absolute Gasteiger partial charge is 0.286 e. The van der Waals surface area contributed by atoms with E-state index < -0.39 is 5.91 Å². The molecule has 0 unspecified atom stereocenters. The molecule has 0 radical (unpaired) electrons. The van der Waals surface area contributed by atoms with Crippen LogP contribution in [0.15, 0.2) is 24.3 Å². The molecule has 1 aliphatic rings. The Kier molecular flexibility index (Phi) is 4.33. The van der Waals surface area contributed by atoms with Crippen LogP contribution in [-0.2, 0) is 16.1 Å². The van der Waals surface area contributed by atoms with E-state index in [1.54, 1.807) is 4.90 Å². The van der Waals surface area contributed by atoms with Gasteiger partial charge in [-0.05, 0) is 17.7 Å². The zero-order valence-corrected chi connectivity index (χ0v) is 10.8. The van der Waals surface area contributed by atoms with Gasteiger partial charge in [-0.25, -0.2) is 0 Å². The molecular formula is C13H15ClN2O2. The lowest BCUT2D eigenvalue weighted by Gasteiger charge is -2.33. The lowest BCUT2D eigenvalue weighted by molar-refractivity contribution is -0.140. The standard InChI is InChI=1S/C13H15ClN2O2/c14-12-3-1-2-11(8-12)9-15-4-6-16(7-5-15)13(18)10-17/h1-3,8,10H,4-7,9H2. The van der Waals surface area contributed by atoms with Crippen LogP contribution in [0.3, 0.4) is 0 Å². The monoisotopic (exact) mass is 266 g/mol. The molecule has 96 valence electrons. The van der Waals surface area contributed by atoms with Crippen molar-refractivity contribution in [2.24, 2.45) is 0 Å². The van der Waals surface area contributed by atoms with E-state index in [0.717, 1.165) is 30.2 Å². The number of halogens is 1. The molecule has 0 aromatic heterocycles.